The van der Waals surface area contributed by atoms with Crippen LogP contribution in [0.5, 0.6) is 0 Å². The Bertz CT molecular complexity index is 628. The summed E-state index contributed by atoms with van der Waals surface area (Å²) in [6.45, 7) is 3.82. The highest BCUT2D eigenvalue weighted by Gasteiger charge is 2.38. The number of pyridine rings is 1. The molecule has 0 radical (unpaired) electrons. The summed E-state index contributed by atoms with van der Waals surface area (Å²) in [5.41, 5.74) is 2.15. The summed E-state index contributed by atoms with van der Waals surface area (Å²) in [7, 11) is 1.80. The number of carbonyl (C=O) groups is 2. The van der Waals surface area contributed by atoms with E-state index in [0.29, 0.717) is 19.7 Å². The second kappa shape index (κ2) is 7.95. The standard InChI is InChI=1S/C19H27N3O3/c1-14-8-9-20-12-15(14)13-21(2)18(23)16-6-3-4-10-22(16)19(24)17-7-5-11-25-17/h8-9,12,16-17H,3-7,10-11,13H2,1-2H3/t16-,17-/m1/s1. The molecule has 0 N–H and O–H groups in total. The van der Waals surface area contributed by atoms with Crippen LogP contribution in [0.3, 0.4) is 0 Å². The van der Waals surface area contributed by atoms with Crippen molar-refractivity contribution in [1.82, 2.24) is 14.8 Å². The highest BCUT2D eigenvalue weighted by atomic mass is 16.5. The van der Waals surface area contributed by atoms with Gasteiger partial charge in [-0.2, -0.15) is 0 Å². The van der Waals surface area contributed by atoms with Crippen molar-refractivity contribution in [2.45, 2.75) is 57.7 Å². The summed E-state index contributed by atoms with van der Waals surface area (Å²) in [6.07, 6.45) is 7.54. The molecule has 3 rings (SSSR count). The number of likely N-dealkylation sites (N-methyl/N-ethyl adjacent to an activating group) is 1. The highest BCUT2D eigenvalue weighted by Crippen LogP contribution is 2.24. The lowest BCUT2D eigenvalue weighted by Crippen LogP contribution is -2.54. The monoisotopic (exact) mass is 345 g/mol. The molecule has 6 nitrogen and oxygen atoms in total. The first-order valence-corrected chi connectivity index (χ1v) is 9.14. The van der Waals surface area contributed by atoms with E-state index in [1.165, 1.54) is 0 Å². The first kappa shape index (κ1) is 17.9. The molecule has 2 amide bonds. The Balaban J connectivity index is 1.69. The molecule has 6 heteroatoms. The van der Waals surface area contributed by atoms with Crippen molar-refractivity contribution in [3.8, 4) is 0 Å². The van der Waals surface area contributed by atoms with Crippen LogP contribution in [0.15, 0.2) is 18.5 Å². The quantitative estimate of drug-likeness (QED) is 0.836. The third-order valence-corrected chi connectivity index (χ3v) is 5.21. The number of hydrogen-bond donors (Lipinski definition) is 0. The lowest BCUT2D eigenvalue weighted by molar-refractivity contribution is -0.153. The van der Waals surface area contributed by atoms with Gasteiger partial charge in [0, 0.05) is 39.1 Å². The number of hydrogen-bond acceptors (Lipinski definition) is 4. The van der Waals surface area contributed by atoms with Gasteiger partial charge in [-0.1, -0.05) is 0 Å². The zero-order valence-electron chi connectivity index (χ0n) is 15.1. The van der Waals surface area contributed by atoms with Crippen LogP contribution in [0.4, 0.5) is 0 Å². The molecule has 2 saturated heterocycles. The van der Waals surface area contributed by atoms with Crippen LogP contribution < -0.4 is 0 Å². The number of aromatic nitrogens is 1. The fourth-order valence-electron chi connectivity index (χ4n) is 3.66. The van der Waals surface area contributed by atoms with Crippen LogP contribution in [0.2, 0.25) is 0 Å². The minimum absolute atomic E-state index is 0.00861. The molecule has 2 aliphatic heterocycles. The number of ether oxygens (including phenoxy) is 1. The highest BCUT2D eigenvalue weighted by molar-refractivity contribution is 5.89. The maximum Gasteiger partial charge on any atom is 0.252 e. The molecular formula is C19H27N3O3. The summed E-state index contributed by atoms with van der Waals surface area (Å²) in [5.74, 6) is -0.00388. The van der Waals surface area contributed by atoms with Crippen molar-refractivity contribution < 1.29 is 14.3 Å². The predicted octanol–water partition coefficient (Wildman–Crippen LogP) is 1.91. The average molecular weight is 345 g/mol. The van der Waals surface area contributed by atoms with Gasteiger partial charge in [0.15, 0.2) is 0 Å². The van der Waals surface area contributed by atoms with E-state index < -0.39 is 0 Å². The molecule has 2 aliphatic rings. The van der Waals surface area contributed by atoms with Crippen LogP contribution in [0.25, 0.3) is 0 Å². The number of nitrogens with zero attached hydrogens (tertiary/aromatic N) is 3. The van der Waals surface area contributed by atoms with Gasteiger partial charge in [-0.3, -0.25) is 14.6 Å². The Hall–Kier alpha value is -1.95. The zero-order chi connectivity index (χ0) is 17.8. The number of piperidine rings is 1. The van der Waals surface area contributed by atoms with Gasteiger partial charge in [-0.05, 0) is 56.2 Å². The Morgan fingerprint density at radius 2 is 2.16 bits per heavy atom. The molecule has 0 aromatic carbocycles. The number of aryl methyl sites for hydroxylation is 1. The maximum atomic E-state index is 13.0. The van der Waals surface area contributed by atoms with Gasteiger partial charge in [0.25, 0.3) is 5.91 Å². The molecule has 0 unspecified atom stereocenters. The minimum Gasteiger partial charge on any atom is -0.368 e. The van der Waals surface area contributed by atoms with Crippen molar-refractivity contribution in [2.75, 3.05) is 20.2 Å². The zero-order valence-corrected chi connectivity index (χ0v) is 15.1. The second-order valence-electron chi connectivity index (χ2n) is 7.04. The van der Waals surface area contributed by atoms with E-state index in [1.807, 2.05) is 13.0 Å². The molecule has 0 bridgehead atoms. The Morgan fingerprint density at radius 3 is 2.88 bits per heavy atom. The normalized spacial score (nSPS) is 23.5. The van der Waals surface area contributed by atoms with E-state index in [0.717, 1.165) is 43.2 Å². The molecule has 2 fully saturated rings. The van der Waals surface area contributed by atoms with Crippen LogP contribution in [-0.4, -0.2) is 58.9 Å². The van der Waals surface area contributed by atoms with Gasteiger partial charge in [0.05, 0.1) is 0 Å². The van der Waals surface area contributed by atoms with E-state index in [9.17, 15) is 9.59 Å². The first-order chi connectivity index (χ1) is 12.1. The first-order valence-electron chi connectivity index (χ1n) is 9.14. The van der Waals surface area contributed by atoms with Gasteiger partial charge in [0.2, 0.25) is 5.91 Å². The molecule has 1 aromatic rings. The molecule has 25 heavy (non-hydrogen) atoms. The van der Waals surface area contributed by atoms with Crippen molar-refractivity contribution in [3.05, 3.63) is 29.6 Å². The second-order valence-corrected chi connectivity index (χ2v) is 7.04. The third-order valence-electron chi connectivity index (χ3n) is 5.21. The SMILES string of the molecule is Cc1ccncc1CN(C)C(=O)[C@H]1CCCCN1C(=O)[C@H]1CCCO1. The number of rotatable bonds is 4. The van der Waals surface area contributed by atoms with Gasteiger partial charge < -0.3 is 14.5 Å². The molecule has 0 spiro atoms. The summed E-state index contributed by atoms with van der Waals surface area (Å²) in [4.78, 5) is 33.4. The van der Waals surface area contributed by atoms with Crippen LogP contribution in [0, 0.1) is 6.92 Å². The molecule has 3 heterocycles. The van der Waals surface area contributed by atoms with Gasteiger partial charge >= 0.3 is 0 Å². The van der Waals surface area contributed by atoms with Gasteiger partial charge in [-0.15, -0.1) is 0 Å². The lowest BCUT2D eigenvalue weighted by Gasteiger charge is -2.38. The van der Waals surface area contributed by atoms with Crippen LogP contribution in [0.1, 0.15) is 43.2 Å². The molecule has 1 aromatic heterocycles. The predicted molar refractivity (Wildman–Crippen MR) is 93.8 cm³/mol. The summed E-state index contributed by atoms with van der Waals surface area (Å²) >= 11 is 0. The van der Waals surface area contributed by atoms with E-state index in [2.05, 4.69) is 4.98 Å². The fourth-order valence-corrected chi connectivity index (χ4v) is 3.66. The smallest absolute Gasteiger partial charge is 0.252 e. The van der Waals surface area contributed by atoms with Crippen molar-refractivity contribution in [3.63, 3.8) is 0 Å². The fraction of sp³-hybridized carbons (Fsp3) is 0.632. The van der Waals surface area contributed by atoms with Crippen LogP contribution >= 0.6 is 0 Å². The molecule has 136 valence electrons. The van der Waals surface area contributed by atoms with E-state index in [4.69, 9.17) is 4.74 Å². The van der Waals surface area contributed by atoms with Gasteiger partial charge in [-0.25, -0.2) is 0 Å². The van der Waals surface area contributed by atoms with Crippen LogP contribution in [-0.2, 0) is 20.9 Å². The molecule has 0 saturated carbocycles. The van der Waals surface area contributed by atoms with E-state index in [1.54, 1.807) is 29.2 Å². The van der Waals surface area contributed by atoms with Crippen molar-refractivity contribution in [2.24, 2.45) is 0 Å². The molecule has 2 atom stereocenters. The molecule has 0 aliphatic carbocycles. The number of carbonyl (C=O) groups excluding carboxylic acids is 2. The van der Waals surface area contributed by atoms with E-state index in [-0.39, 0.29) is 24.0 Å². The Labute approximate surface area is 149 Å². The summed E-state index contributed by atoms with van der Waals surface area (Å²) in [6, 6.07) is 1.58. The Kier molecular flexibility index (Phi) is 5.68. The number of likely N-dealkylation sites (tertiary alicyclic amines) is 1. The van der Waals surface area contributed by atoms with Gasteiger partial charge in [0.1, 0.15) is 12.1 Å². The number of amides is 2. The lowest BCUT2D eigenvalue weighted by atomic mass is 9.99. The molecular weight excluding hydrogens is 318 g/mol. The van der Waals surface area contributed by atoms with Crippen molar-refractivity contribution in [1.29, 1.82) is 0 Å². The third kappa shape index (κ3) is 4.00. The summed E-state index contributed by atoms with van der Waals surface area (Å²) in [5, 5.41) is 0. The maximum absolute atomic E-state index is 13.0. The van der Waals surface area contributed by atoms with E-state index >= 15 is 0 Å². The topological polar surface area (TPSA) is 62.7 Å². The Morgan fingerprint density at radius 1 is 1.32 bits per heavy atom. The van der Waals surface area contributed by atoms with Crippen molar-refractivity contribution >= 4 is 11.8 Å². The summed E-state index contributed by atoms with van der Waals surface area (Å²) < 4.78 is 5.54. The average Bonchev–Trinajstić information content (AvgIpc) is 3.17. The minimum atomic E-state index is -0.368. The largest absolute Gasteiger partial charge is 0.368 e.